The Kier molecular flexibility index (Phi) is 26.7. The predicted octanol–water partition coefficient (Wildman–Crippen LogP) is 5.36. The fourth-order valence-electron chi connectivity index (χ4n) is 1.66. The lowest BCUT2D eigenvalue weighted by molar-refractivity contribution is 0.425. The number of hydrogen-bond acceptors (Lipinski definition) is 1. The molecule has 0 saturated carbocycles. The van der Waals surface area contributed by atoms with Gasteiger partial charge < -0.3 is 5.32 Å². The molecule has 1 fully saturated rings. The van der Waals surface area contributed by atoms with Crippen LogP contribution in [0, 0.1) is 5.92 Å². The van der Waals surface area contributed by atoms with Crippen LogP contribution in [0.3, 0.4) is 0 Å². The summed E-state index contributed by atoms with van der Waals surface area (Å²) in [5.41, 5.74) is 1.34. The van der Waals surface area contributed by atoms with Crippen LogP contribution in [0.4, 0.5) is 0 Å². The third-order valence-electron chi connectivity index (χ3n) is 2.36. The van der Waals surface area contributed by atoms with Gasteiger partial charge in [-0.3, -0.25) is 0 Å². The van der Waals surface area contributed by atoms with Gasteiger partial charge in [-0.15, -0.1) is 0 Å². The average molecular weight is 253 g/mol. The second kappa shape index (κ2) is 21.5. The molecule has 1 heterocycles. The Bertz CT molecular complexity index is 186. The van der Waals surface area contributed by atoms with E-state index in [1.807, 2.05) is 53.7 Å². The van der Waals surface area contributed by atoms with Gasteiger partial charge in [-0.25, -0.2) is 0 Å². The number of piperidine rings is 1. The third-order valence-corrected chi connectivity index (χ3v) is 2.36. The third kappa shape index (κ3) is 11.7. The first-order valence-corrected chi connectivity index (χ1v) is 7.54. The molecule has 0 aromatic rings. The molecule has 1 N–H and O–H groups in total. The zero-order valence-electron chi connectivity index (χ0n) is 13.6. The maximum Gasteiger partial charge on any atom is -0.00431 e. The van der Waals surface area contributed by atoms with Crippen LogP contribution in [0.5, 0.6) is 0 Å². The van der Waals surface area contributed by atoms with Crippen LogP contribution in [-0.4, -0.2) is 13.1 Å². The highest BCUT2D eigenvalue weighted by molar-refractivity contribution is 5.24. The fraction of sp³-hybridized carbons (Fsp3) is 0.647. The molecule has 1 rings (SSSR count). The van der Waals surface area contributed by atoms with Gasteiger partial charge in [0.15, 0.2) is 0 Å². The minimum Gasteiger partial charge on any atom is -0.317 e. The number of allylic oxidation sites excluding steroid dienone is 4. The van der Waals surface area contributed by atoms with Crippen molar-refractivity contribution in [2.24, 2.45) is 5.92 Å². The summed E-state index contributed by atoms with van der Waals surface area (Å²) in [6.45, 7) is 21.8. The molecule has 1 nitrogen and oxygen atoms in total. The second-order valence-electron chi connectivity index (χ2n) is 3.13. The van der Waals surface area contributed by atoms with Gasteiger partial charge in [-0.05, 0) is 37.4 Å². The Labute approximate surface area is 116 Å². The molecule has 0 unspecified atom stereocenters. The molecular weight excluding hydrogens is 218 g/mol. The van der Waals surface area contributed by atoms with Crippen LogP contribution in [0.2, 0.25) is 0 Å². The maximum atomic E-state index is 3.82. The molecule has 1 saturated heterocycles. The molecule has 1 aliphatic heterocycles. The van der Waals surface area contributed by atoms with Crippen molar-refractivity contribution in [3.63, 3.8) is 0 Å². The molecule has 0 bridgehead atoms. The zero-order chi connectivity index (χ0) is 14.8. The zero-order valence-corrected chi connectivity index (χ0v) is 13.6. The Morgan fingerprint density at radius 2 is 1.39 bits per heavy atom. The van der Waals surface area contributed by atoms with Gasteiger partial charge in [0.25, 0.3) is 0 Å². The molecule has 0 aliphatic carbocycles. The molecule has 0 radical (unpaired) electrons. The van der Waals surface area contributed by atoms with Crippen molar-refractivity contribution < 1.29 is 0 Å². The average Bonchev–Trinajstić information content (AvgIpc) is 2.52. The van der Waals surface area contributed by atoms with Gasteiger partial charge in [0.2, 0.25) is 0 Å². The van der Waals surface area contributed by atoms with Gasteiger partial charge in [0.1, 0.15) is 0 Å². The highest BCUT2D eigenvalue weighted by Gasteiger charge is 2.14. The first-order valence-electron chi connectivity index (χ1n) is 7.54. The molecular formula is C17H35N. The standard InChI is InChI=1S/C11H17N.3C2H6/c1-3-5-10(4-2)11-6-8-12-9-7-11;3*1-2/h3-5,11-12H,1-2,6-9H2;3*1-2H3/b10-5+;;;. The lowest BCUT2D eigenvalue weighted by Gasteiger charge is -2.23. The maximum absolute atomic E-state index is 3.82. The second-order valence-corrected chi connectivity index (χ2v) is 3.13. The molecule has 1 heteroatoms. The van der Waals surface area contributed by atoms with E-state index in [9.17, 15) is 0 Å². The Hall–Kier alpha value is -0.820. The minimum atomic E-state index is 0.696. The number of nitrogens with one attached hydrogen (secondary N) is 1. The SMILES string of the molecule is C=C/C=C(\C=C)C1CCNCC1.CC.CC.CC. The van der Waals surface area contributed by atoms with E-state index in [0.29, 0.717) is 5.92 Å². The van der Waals surface area contributed by atoms with E-state index < -0.39 is 0 Å². The van der Waals surface area contributed by atoms with E-state index in [2.05, 4.69) is 24.6 Å². The van der Waals surface area contributed by atoms with Gasteiger partial charge >= 0.3 is 0 Å². The van der Waals surface area contributed by atoms with E-state index in [1.165, 1.54) is 18.4 Å². The van der Waals surface area contributed by atoms with E-state index in [4.69, 9.17) is 0 Å². The first-order chi connectivity index (χ1) is 8.88. The highest BCUT2D eigenvalue weighted by atomic mass is 14.9. The van der Waals surface area contributed by atoms with Crippen molar-refractivity contribution >= 4 is 0 Å². The quantitative estimate of drug-likeness (QED) is 0.667. The Balaban J connectivity index is -0.000000328. The molecule has 18 heavy (non-hydrogen) atoms. The van der Waals surface area contributed by atoms with Gasteiger partial charge in [0.05, 0.1) is 0 Å². The van der Waals surface area contributed by atoms with E-state index in [0.717, 1.165) is 13.1 Å². The number of rotatable bonds is 3. The smallest absolute Gasteiger partial charge is 0.00431 e. The molecule has 108 valence electrons. The lowest BCUT2D eigenvalue weighted by atomic mass is 9.90. The van der Waals surface area contributed by atoms with Gasteiger partial charge in [-0.2, -0.15) is 0 Å². The molecule has 0 aromatic carbocycles. The van der Waals surface area contributed by atoms with Gasteiger partial charge in [0, 0.05) is 0 Å². The largest absolute Gasteiger partial charge is 0.317 e. The predicted molar refractivity (Wildman–Crippen MR) is 88.1 cm³/mol. The lowest BCUT2D eigenvalue weighted by Crippen LogP contribution is -2.28. The number of hydrogen-bond donors (Lipinski definition) is 1. The van der Waals surface area contributed by atoms with E-state index in [1.54, 1.807) is 0 Å². The molecule has 0 atom stereocenters. The van der Waals surface area contributed by atoms with Crippen molar-refractivity contribution in [2.45, 2.75) is 54.4 Å². The minimum absolute atomic E-state index is 0.696. The summed E-state index contributed by atoms with van der Waals surface area (Å²) in [6, 6.07) is 0. The van der Waals surface area contributed by atoms with Gasteiger partial charge in [-0.1, -0.05) is 72.9 Å². The summed E-state index contributed by atoms with van der Waals surface area (Å²) in [6.07, 6.45) is 8.33. The Morgan fingerprint density at radius 1 is 0.944 bits per heavy atom. The monoisotopic (exact) mass is 253 g/mol. The van der Waals surface area contributed by atoms with Crippen LogP contribution < -0.4 is 5.32 Å². The van der Waals surface area contributed by atoms with Crippen molar-refractivity contribution in [3.8, 4) is 0 Å². The highest BCUT2D eigenvalue weighted by Crippen LogP contribution is 2.21. The first kappa shape index (κ1) is 22.4. The van der Waals surface area contributed by atoms with Crippen LogP contribution >= 0.6 is 0 Å². The summed E-state index contributed by atoms with van der Waals surface area (Å²) in [7, 11) is 0. The molecule has 0 amide bonds. The van der Waals surface area contributed by atoms with Crippen molar-refractivity contribution in [3.05, 3.63) is 37.0 Å². The summed E-state index contributed by atoms with van der Waals surface area (Å²) < 4.78 is 0. The molecule has 0 aromatic heterocycles. The fourth-order valence-corrected chi connectivity index (χ4v) is 1.66. The van der Waals surface area contributed by atoms with Crippen molar-refractivity contribution in [1.82, 2.24) is 5.32 Å². The van der Waals surface area contributed by atoms with E-state index in [-0.39, 0.29) is 0 Å². The van der Waals surface area contributed by atoms with Crippen molar-refractivity contribution in [1.29, 1.82) is 0 Å². The molecule has 0 spiro atoms. The van der Waals surface area contributed by atoms with Crippen LogP contribution in [0.25, 0.3) is 0 Å². The van der Waals surface area contributed by atoms with Crippen LogP contribution in [0.15, 0.2) is 37.0 Å². The summed E-state index contributed by atoms with van der Waals surface area (Å²) in [4.78, 5) is 0. The van der Waals surface area contributed by atoms with Crippen LogP contribution in [0.1, 0.15) is 54.4 Å². The van der Waals surface area contributed by atoms with Crippen LogP contribution in [-0.2, 0) is 0 Å². The Morgan fingerprint density at radius 3 is 1.72 bits per heavy atom. The molecule has 1 aliphatic rings. The van der Waals surface area contributed by atoms with E-state index >= 15 is 0 Å². The summed E-state index contributed by atoms with van der Waals surface area (Å²) in [5, 5.41) is 3.35. The van der Waals surface area contributed by atoms with Crippen molar-refractivity contribution in [2.75, 3.05) is 13.1 Å². The normalized spacial score (nSPS) is 14.7. The summed E-state index contributed by atoms with van der Waals surface area (Å²) in [5.74, 6) is 0.696. The topological polar surface area (TPSA) is 12.0 Å². The summed E-state index contributed by atoms with van der Waals surface area (Å²) >= 11 is 0.